The van der Waals surface area contributed by atoms with E-state index in [0.29, 0.717) is 5.95 Å². The van der Waals surface area contributed by atoms with Gasteiger partial charge in [-0.2, -0.15) is 15.0 Å². The first-order valence-corrected chi connectivity index (χ1v) is 6.04. The molecule has 0 aliphatic carbocycles. The first-order chi connectivity index (χ1) is 9.12. The van der Waals surface area contributed by atoms with Crippen LogP contribution in [0.2, 0.25) is 0 Å². The van der Waals surface area contributed by atoms with E-state index in [2.05, 4.69) is 20.3 Å². The molecule has 5 nitrogen and oxygen atoms in total. The summed E-state index contributed by atoms with van der Waals surface area (Å²) in [4.78, 5) is 12.2. The van der Waals surface area contributed by atoms with E-state index >= 15 is 0 Å². The minimum Gasteiger partial charge on any atom is -0.467 e. The molecule has 19 heavy (non-hydrogen) atoms. The molecule has 0 aliphatic heterocycles. The van der Waals surface area contributed by atoms with E-state index < -0.39 is 11.6 Å². The zero-order valence-corrected chi connectivity index (χ0v) is 11.0. The summed E-state index contributed by atoms with van der Waals surface area (Å²) < 4.78 is 31.2. The second-order valence-corrected chi connectivity index (χ2v) is 4.36. The molecule has 1 aromatic carbocycles. The Bertz CT molecular complexity index is 575. The van der Waals surface area contributed by atoms with Gasteiger partial charge in [0.1, 0.15) is 11.6 Å². The summed E-state index contributed by atoms with van der Waals surface area (Å²) in [5.74, 6) is -1.00. The average molecular weight is 284 g/mol. The Morgan fingerprint density at radius 2 is 2.00 bits per heavy atom. The number of benzene rings is 1. The third-order valence-electron chi connectivity index (χ3n) is 2.10. The predicted octanol–water partition coefficient (Wildman–Crippen LogP) is 2.35. The van der Waals surface area contributed by atoms with Gasteiger partial charge in [0.25, 0.3) is 0 Å². The summed E-state index contributed by atoms with van der Waals surface area (Å²) in [5, 5.41) is 2.99. The third kappa shape index (κ3) is 3.28. The number of nitrogens with one attached hydrogen (secondary N) is 1. The minimum absolute atomic E-state index is 0.115. The van der Waals surface area contributed by atoms with Crippen molar-refractivity contribution >= 4 is 17.7 Å². The lowest BCUT2D eigenvalue weighted by Gasteiger charge is -2.05. The Morgan fingerprint density at radius 1 is 1.21 bits per heavy atom. The van der Waals surface area contributed by atoms with Crippen molar-refractivity contribution in [1.82, 2.24) is 15.0 Å². The molecule has 0 atom stereocenters. The highest BCUT2D eigenvalue weighted by molar-refractivity contribution is 7.99. The highest BCUT2D eigenvalue weighted by Gasteiger charge is 2.11. The molecule has 0 aliphatic rings. The number of rotatable bonds is 4. The zero-order valence-electron chi connectivity index (χ0n) is 10.1. The number of anilines is 1. The van der Waals surface area contributed by atoms with Gasteiger partial charge in [-0.05, 0) is 23.9 Å². The van der Waals surface area contributed by atoms with E-state index in [1.54, 1.807) is 7.05 Å². The molecule has 1 aromatic heterocycles. The topological polar surface area (TPSA) is 59.9 Å². The fraction of sp³-hybridized carbons (Fsp3) is 0.182. The minimum atomic E-state index is -0.671. The van der Waals surface area contributed by atoms with Crippen LogP contribution in [0.3, 0.4) is 0 Å². The number of hydrogen-bond donors (Lipinski definition) is 1. The molecular weight excluding hydrogens is 274 g/mol. The molecule has 1 N–H and O–H groups in total. The number of hydrogen-bond acceptors (Lipinski definition) is 6. The average Bonchev–Trinajstić information content (AvgIpc) is 2.41. The van der Waals surface area contributed by atoms with Gasteiger partial charge in [-0.15, -0.1) is 0 Å². The van der Waals surface area contributed by atoms with Crippen LogP contribution in [0.25, 0.3) is 0 Å². The second kappa shape index (κ2) is 5.79. The van der Waals surface area contributed by atoms with E-state index in [9.17, 15) is 8.78 Å². The molecule has 8 heteroatoms. The Morgan fingerprint density at radius 3 is 2.63 bits per heavy atom. The maximum Gasteiger partial charge on any atom is 0.321 e. The van der Waals surface area contributed by atoms with E-state index in [-0.39, 0.29) is 16.1 Å². The molecule has 0 saturated heterocycles. The third-order valence-corrected chi connectivity index (χ3v) is 3.01. The van der Waals surface area contributed by atoms with Crippen molar-refractivity contribution in [2.75, 3.05) is 19.5 Å². The van der Waals surface area contributed by atoms with E-state index in [1.165, 1.54) is 19.2 Å². The summed E-state index contributed by atoms with van der Waals surface area (Å²) in [6.45, 7) is 0. The summed E-state index contributed by atoms with van der Waals surface area (Å²) in [6.07, 6.45) is 0. The lowest BCUT2D eigenvalue weighted by molar-refractivity contribution is 0.374. The van der Waals surface area contributed by atoms with Crippen LogP contribution < -0.4 is 10.1 Å². The molecule has 2 rings (SSSR count). The molecule has 0 unspecified atom stereocenters. The van der Waals surface area contributed by atoms with Gasteiger partial charge in [-0.25, -0.2) is 8.78 Å². The van der Waals surface area contributed by atoms with Crippen LogP contribution in [0.4, 0.5) is 14.7 Å². The SMILES string of the molecule is CNc1nc(OC)nc(Sc2ccc(F)cc2F)n1. The van der Waals surface area contributed by atoms with Gasteiger partial charge >= 0.3 is 6.01 Å². The Balaban J connectivity index is 2.31. The summed E-state index contributed by atoms with van der Waals surface area (Å²) in [5.41, 5.74) is 0. The van der Waals surface area contributed by atoms with Gasteiger partial charge < -0.3 is 10.1 Å². The van der Waals surface area contributed by atoms with Crippen LogP contribution >= 0.6 is 11.8 Å². The van der Waals surface area contributed by atoms with Crippen molar-refractivity contribution in [3.63, 3.8) is 0 Å². The van der Waals surface area contributed by atoms with Crippen molar-refractivity contribution in [3.05, 3.63) is 29.8 Å². The summed E-state index contributed by atoms with van der Waals surface area (Å²) in [7, 11) is 3.06. The van der Waals surface area contributed by atoms with E-state index in [1.807, 2.05) is 0 Å². The molecule has 0 saturated carbocycles. The smallest absolute Gasteiger partial charge is 0.321 e. The first kappa shape index (κ1) is 13.5. The van der Waals surface area contributed by atoms with Crippen LogP contribution in [0, 0.1) is 11.6 Å². The molecule has 0 radical (unpaired) electrons. The lowest BCUT2D eigenvalue weighted by Crippen LogP contribution is -2.02. The van der Waals surface area contributed by atoms with Crippen LogP contribution in [0.5, 0.6) is 6.01 Å². The quantitative estimate of drug-likeness (QED) is 0.930. The zero-order chi connectivity index (χ0) is 13.8. The molecule has 0 amide bonds. The predicted molar refractivity (Wildman–Crippen MR) is 66.4 cm³/mol. The highest BCUT2D eigenvalue weighted by atomic mass is 32.2. The van der Waals surface area contributed by atoms with E-state index in [4.69, 9.17) is 4.74 Å². The van der Waals surface area contributed by atoms with Gasteiger partial charge in [0.05, 0.1) is 12.0 Å². The van der Waals surface area contributed by atoms with Crippen molar-refractivity contribution in [2.45, 2.75) is 10.1 Å². The molecule has 1 heterocycles. The van der Waals surface area contributed by atoms with Gasteiger partial charge in [-0.1, -0.05) is 0 Å². The van der Waals surface area contributed by atoms with Crippen LogP contribution in [0.1, 0.15) is 0 Å². The van der Waals surface area contributed by atoms with E-state index in [0.717, 1.165) is 17.8 Å². The second-order valence-electron chi connectivity index (χ2n) is 3.36. The van der Waals surface area contributed by atoms with Crippen molar-refractivity contribution in [3.8, 4) is 6.01 Å². The number of halogens is 2. The fourth-order valence-corrected chi connectivity index (χ4v) is 1.99. The molecule has 0 bridgehead atoms. The molecule has 2 aromatic rings. The lowest BCUT2D eigenvalue weighted by atomic mass is 10.3. The number of ether oxygens (including phenoxy) is 1. The summed E-state index contributed by atoms with van der Waals surface area (Å²) >= 11 is 0.958. The van der Waals surface area contributed by atoms with Crippen LogP contribution in [-0.4, -0.2) is 29.1 Å². The maximum atomic E-state index is 13.5. The molecule has 100 valence electrons. The van der Waals surface area contributed by atoms with Crippen LogP contribution in [-0.2, 0) is 0 Å². The van der Waals surface area contributed by atoms with Gasteiger partial charge in [0.2, 0.25) is 11.1 Å². The highest BCUT2D eigenvalue weighted by Crippen LogP contribution is 2.28. The van der Waals surface area contributed by atoms with Crippen molar-refractivity contribution in [2.24, 2.45) is 0 Å². The maximum absolute atomic E-state index is 13.5. The van der Waals surface area contributed by atoms with Gasteiger partial charge in [0.15, 0.2) is 0 Å². The van der Waals surface area contributed by atoms with Crippen molar-refractivity contribution < 1.29 is 13.5 Å². The fourth-order valence-electron chi connectivity index (χ4n) is 1.24. The normalized spacial score (nSPS) is 10.3. The number of methoxy groups -OCH3 is 1. The van der Waals surface area contributed by atoms with Gasteiger partial charge in [0, 0.05) is 13.1 Å². The largest absolute Gasteiger partial charge is 0.467 e. The monoisotopic (exact) mass is 284 g/mol. The van der Waals surface area contributed by atoms with Crippen molar-refractivity contribution in [1.29, 1.82) is 0 Å². The van der Waals surface area contributed by atoms with Gasteiger partial charge in [-0.3, -0.25) is 0 Å². The Kier molecular flexibility index (Phi) is 4.10. The Labute approximate surface area is 112 Å². The van der Waals surface area contributed by atoms with Crippen LogP contribution in [0.15, 0.2) is 28.3 Å². The Hall–Kier alpha value is -1.96. The molecular formula is C11H10F2N4OS. The molecule has 0 spiro atoms. The first-order valence-electron chi connectivity index (χ1n) is 5.23. The number of nitrogens with zero attached hydrogens (tertiary/aromatic N) is 3. The number of aromatic nitrogens is 3. The standard InChI is InChI=1S/C11H10F2N4OS/c1-14-9-15-10(18-2)17-11(16-9)19-8-4-3-6(12)5-7(8)13/h3-5H,1-2H3,(H,14,15,16,17). The molecule has 0 fully saturated rings. The summed E-state index contributed by atoms with van der Waals surface area (Å²) in [6, 6.07) is 3.41.